The Bertz CT molecular complexity index is 763. The maximum absolute atomic E-state index is 11.6. The van der Waals surface area contributed by atoms with Crippen LogP contribution in [0, 0.1) is 5.92 Å². The molecule has 2 aromatic rings. The van der Waals surface area contributed by atoms with E-state index in [1.54, 1.807) is 0 Å². The lowest BCUT2D eigenvalue weighted by molar-refractivity contribution is 0.0600. The molecule has 0 spiro atoms. The van der Waals surface area contributed by atoms with Crippen LogP contribution in [0.15, 0.2) is 60.7 Å². The summed E-state index contributed by atoms with van der Waals surface area (Å²) in [5.74, 6) is 0.700. The van der Waals surface area contributed by atoms with E-state index in [1.165, 1.54) is 23.9 Å². The number of rotatable bonds is 2. The first kappa shape index (κ1) is 14.1. The highest BCUT2D eigenvalue weighted by Crippen LogP contribution is 2.49. The number of carbonyl (C=O) groups excluding carboxylic acids is 1. The van der Waals surface area contributed by atoms with Crippen molar-refractivity contribution in [3.8, 4) is 0 Å². The van der Waals surface area contributed by atoms with E-state index in [0.717, 1.165) is 6.42 Å². The SMILES string of the molecule is COC(=O)c1ccc([C@@H]2Nc3ccccc3[C@@H]3C=CC[C@@H]32)cc1. The summed E-state index contributed by atoms with van der Waals surface area (Å²) >= 11 is 0. The van der Waals surface area contributed by atoms with Crippen molar-refractivity contribution in [1.29, 1.82) is 0 Å². The van der Waals surface area contributed by atoms with E-state index in [0.29, 0.717) is 17.4 Å². The van der Waals surface area contributed by atoms with E-state index in [1.807, 2.05) is 24.3 Å². The molecule has 0 saturated heterocycles. The number of para-hydroxylation sites is 1. The molecule has 0 aromatic heterocycles. The third-order valence-electron chi connectivity index (χ3n) is 4.96. The molecular weight excluding hydrogens is 286 g/mol. The zero-order chi connectivity index (χ0) is 15.8. The smallest absolute Gasteiger partial charge is 0.337 e. The molecule has 4 rings (SSSR count). The van der Waals surface area contributed by atoms with Gasteiger partial charge in [0.25, 0.3) is 0 Å². The molecule has 1 heterocycles. The lowest BCUT2D eigenvalue weighted by atomic mass is 9.77. The number of anilines is 1. The molecule has 116 valence electrons. The number of allylic oxidation sites excluding steroid dienone is 2. The van der Waals surface area contributed by atoms with Gasteiger partial charge in [-0.15, -0.1) is 0 Å². The van der Waals surface area contributed by atoms with Crippen molar-refractivity contribution in [2.45, 2.75) is 18.4 Å². The zero-order valence-corrected chi connectivity index (χ0v) is 13.0. The Morgan fingerprint density at radius 2 is 1.91 bits per heavy atom. The van der Waals surface area contributed by atoms with Gasteiger partial charge in [0.15, 0.2) is 0 Å². The van der Waals surface area contributed by atoms with E-state index in [2.05, 4.69) is 41.7 Å². The summed E-state index contributed by atoms with van der Waals surface area (Å²) in [7, 11) is 1.41. The second-order valence-electron chi connectivity index (χ2n) is 6.18. The highest BCUT2D eigenvalue weighted by molar-refractivity contribution is 5.89. The zero-order valence-electron chi connectivity index (χ0n) is 13.0. The van der Waals surface area contributed by atoms with Crippen LogP contribution >= 0.6 is 0 Å². The molecule has 3 nitrogen and oxygen atoms in total. The van der Waals surface area contributed by atoms with Gasteiger partial charge in [-0.05, 0) is 41.7 Å². The van der Waals surface area contributed by atoms with Crippen LogP contribution < -0.4 is 5.32 Å². The van der Waals surface area contributed by atoms with Crippen molar-refractivity contribution in [3.63, 3.8) is 0 Å². The average Bonchev–Trinajstić information content (AvgIpc) is 3.10. The van der Waals surface area contributed by atoms with Crippen LogP contribution in [0.2, 0.25) is 0 Å². The Morgan fingerprint density at radius 1 is 1.13 bits per heavy atom. The number of nitrogens with one attached hydrogen (secondary N) is 1. The summed E-state index contributed by atoms with van der Waals surface area (Å²) < 4.78 is 4.77. The Kier molecular flexibility index (Phi) is 3.41. The molecule has 0 radical (unpaired) electrons. The van der Waals surface area contributed by atoms with Crippen molar-refractivity contribution >= 4 is 11.7 Å². The molecule has 1 N–H and O–H groups in total. The van der Waals surface area contributed by atoms with Gasteiger partial charge in [0.1, 0.15) is 0 Å². The van der Waals surface area contributed by atoms with Crippen LogP contribution in [-0.2, 0) is 4.74 Å². The number of hydrogen-bond acceptors (Lipinski definition) is 3. The van der Waals surface area contributed by atoms with E-state index < -0.39 is 0 Å². The van der Waals surface area contributed by atoms with Crippen LogP contribution in [-0.4, -0.2) is 13.1 Å². The first-order valence-electron chi connectivity index (χ1n) is 7.98. The Balaban J connectivity index is 1.68. The summed E-state index contributed by atoms with van der Waals surface area (Å²) in [5, 5.41) is 3.69. The molecule has 3 heteroatoms. The summed E-state index contributed by atoms with van der Waals surface area (Å²) in [4.78, 5) is 11.6. The van der Waals surface area contributed by atoms with E-state index in [4.69, 9.17) is 4.74 Å². The molecule has 1 aliphatic heterocycles. The Hall–Kier alpha value is -2.55. The molecule has 0 saturated carbocycles. The second-order valence-corrected chi connectivity index (χ2v) is 6.18. The van der Waals surface area contributed by atoms with Crippen molar-refractivity contribution in [1.82, 2.24) is 0 Å². The first-order valence-corrected chi connectivity index (χ1v) is 7.98. The minimum Gasteiger partial charge on any atom is -0.465 e. The minimum absolute atomic E-state index is 0.261. The molecule has 2 aliphatic rings. The molecule has 2 aromatic carbocycles. The summed E-state index contributed by atoms with van der Waals surface area (Å²) in [6.45, 7) is 0. The van der Waals surface area contributed by atoms with Crippen LogP contribution in [0.3, 0.4) is 0 Å². The topological polar surface area (TPSA) is 38.3 Å². The van der Waals surface area contributed by atoms with Crippen molar-refractivity contribution < 1.29 is 9.53 Å². The van der Waals surface area contributed by atoms with Gasteiger partial charge in [-0.25, -0.2) is 4.79 Å². The monoisotopic (exact) mass is 305 g/mol. The Morgan fingerprint density at radius 3 is 2.70 bits per heavy atom. The molecular formula is C20H19NO2. The standard InChI is InChI=1S/C20H19NO2/c1-23-20(22)14-11-9-13(10-12-14)19-17-7-4-6-15(17)16-5-2-3-8-18(16)21-19/h2-6,8-12,15,17,19,21H,7H2,1H3/t15-,17-,19-/m0/s1. The number of benzene rings is 2. The van der Waals surface area contributed by atoms with Gasteiger partial charge >= 0.3 is 5.97 Å². The molecule has 0 bridgehead atoms. The third-order valence-corrected chi connectivity index (χ3v) is 4.96. The molecule has 0 amide bonds. The maximum atomic E-state index is 11.6. The van der Waals surface area contributed by atoms with Gasteiger partial charge in [-0.2, -0.15) is 0 Å². The number of ether oxygens (including phenoxy) is 1. The lowest BCUT2D eigenvalue weighted by Gasteiger charge is -2.37. The average molecular weight is 305 g/mol. The largest absolute Gasteiger partial charge is 0.465 e. The summed E-state index contributed by atoms with van der Waals surface area (Å²) in [5.41, 5.74) is 4.40. The molecule has 0 fully saturated rings. The van der Waals surface area contributed by atoms with E-state index in [9.17, 15) is 4.79 Å². The quantitative estimate of drug-likeness (QED) is 0.664. The predicted octanol–water partition coefficient (Wildman–Crippen LogP) is 4.30. The lowest BCUT2D eigenvalue weighted by Crippen LogP contribution is -2.29. The fourth-order valence-corrected chi connectivity index (χ4v) is 3.82. The van der Waals surface area contributed by atoms with Crippen LogP contribution in [0.4, 0.5) is 5.69 Å². The number of esters is 1. The predicted molar refractivity (Wildman–Crippen MR) is 90.6 cm³/mol. The number of carbonyl (C=O) groups is 1. The van der Waals surface area contributed by atoms with Crippen LogP contribution in [0.25, 0.3) is 0 Å². The Labute approximate surface area is 136 Å². The maximum Gasteiger partial charge on any atom is 0.337 e. The fraction of sp³-hybridized carbons (Fsp3) is 0.250. The number of methoxy groups -OCH3 is 1. The highest BCUT2D eigenvalue weighted by Gasteiger charge is 2.37. The van der Waals surface area contributed by atoms with Crippen molar-refractivity contribution in [3.05, 3.63) is 77.4 Å². The third kappa shape index (κ3) is 2.33. The number of fused-ring (bicyclic) bond motifs is 3. The van der Waals surface area contributed by atoms with Crippen LogP contribution in [0.1, 0.15) is 39.9 Å². The van der Waals surface area contributed by atoms with E-state index in [-0.39, 0.29) is 12.0 Å². The van der Waals surface area contributed by atoms with Gasteiger partial charge < -0.3 is 10.1 Å². The van der Waals surface area contributed by atoms with Gasteiger partial charge in [0, 0.05) is 11.6 Å². The van der Waals surface area contributed by atoms with Gasteiger partial charge in [0.2, 0.25) is 0 Å². The van der Waals surface area contributed by atoms with Crippen molar-refractivity contribution in [2.24, 2.45) is 5.92 Å². The summed E-state index contributed by atoms with van der Waals surface area (Å²) in [6.07, 6.45) is 5.70. The fourth-order valence-electron chi connectivity index (χ4n) is 3.82. The van der Waals surface area contributed by atoms with Crippen LogP contribution in [0.5, 0.6) is 0 Å². The van der Waals surface area contributed by atoms with Gasteiger partial charge in [0.05, 0.1) is 18.7 Å². The molecule has 0 unspecified atom stereocenters. The molecule has 3 atom stereocenters. The van der Waals surface area contributed by atoms with E-state index >= 15 is 0 Å². The van der Waals surface area contributed by atoms with Gasteiger partial charge in [-0.3, -0.25) is 0 Å². The highest BCUT2D eigenvalue weighted by atomic mass is 16.5. The van der Waals surface area contributed by atoms with Gasteiger partial charge in [-0.1, -0.05) is 42.5 Å². The first-order chi connectivity index (χ1) is 11.3. The molecule has 1 aliphatic carbocycles. The summed E-state index contributed by atoms with van der Waals surface area (Å²) in [6, 6.07) is 16.6. The number of hydrogen-bond donors (Lipinski definition) is 1. The second kappa shape index (κ2) is 5.58. The van der Waals surface area contributed by atoms with Crippen molar-refractivity contribution in [2.75, 3.05) is 12.4 Å². The molecule has 23 heavy (non-hydrogen) atoms. The minimum atomic E-state index is -0.293. The normalized spacial score (nSPS) is 24.5.